The van der Waals surface area contributed by atoms with E-state index >= 15 is 0 Å². The van der Waals surface area contributed by atoms with Gasteiger partial charge in [0.2, 0.25) is 0 Å². The van der Waals surface area contributed by atoms with Crippen molar-refractivity contribution < 1.29 is 8.42 Å². The lowest BCUT2D eigenvalue weighted by Crippen LogP contribution is -2.18. The topological polar surface area (TPSA) is 58.5 Å². The third-order valence-electron chi connectivity index (χ3n) is 4.09. The molecule has 3 rings (SSSR count). The van der Waals surface area contributed by atoms with Crippen molar-refractivity contribution in [3.8, 4) is 0 Å². The van der Waals surface area contributed by atoms with Crippen molar-refractivity contribution in [3.05, 3.63) is 64.7 Å². The Morgan fingerprint density at radius 2 is 1.70 bits per heavy atom. The summed E-state index contributed by atoms with van der Waals surface area (Å²) in [6.07, 6.45) is 6.24. The average molecular weight is 328 g/mol. The molecule has 0 spiro atoms. The first-order valence-corrected chi connectivity index (χ1v) is 9.26. The van der Waals surface area contributed by atoms with Gasteiger partial charge in [-0.2, -0.15) is 13.5 Å². The van der Waals surface area contributed by atoms with Crippen molar-refractivity contribution in [1.82, 2.24) is 4.83 Å². The van der Waals surface area contributed by atoms with Crippen LogP contribution in [0.25, 0.3) is 0 Å². The summed E-state index contributed by atoms with van der Waals surface area (Å²) in [6, 6.07) is 12.9. The summed E-state index contributed by atoms with van der Waals surface area (Å²) < 4.78 is 24.3. The minimum absolute atomic E-state index is 0.214. The first-order valence-electron chi connectivity index (χ1n) is 7.78. The molecule has 0 unspecified atom stereocenters. The molecule has 23 heavy (non-hydrogen) atoms. The molecule has 120 valence electrons. The number of rotatable bonds is 4. The van der Waals surface area contributed by atoms with Crippen LogP contribution in [0.1, 0.15) is 35.1 Å². The van der Waals surface area contributed by atoms with E-state index in [4.69, 9.17) is 0 Å². The molecule has 0 aromatic heterocycles. The van der Waals surface area contributed by atoms with Crippen LogP contribution in [0.4, 0.5) is 0 Å². The van der Waals surface area contributed by atoms with Crippen LogP contribution in [-0.4, -0.2) is 14.6 Å². The molecule has 2 aromatic carbocycles. The Kier molecular flexibility index (Phi) is 4.48. The number of hydrazone groups is 1. The molecule has 5 heteroatoms. The van der Waals surface area contributed by atoms with Gasteiger partial charge in [-0.05, 0) is 67.5 Å². The van der Waals surface area contributed by atoms with E-state index in [1.165, 1.54) is 24.0 Å². The molecule has 0 bridgehead atoms. The highest BCUT2D eigenvalue weighted by molar-refractivity contribution is 7.89. The molecule has 0 saturated heterocycles. The van der Waals surface area contributed by atoms with Gasteiger partial charge in [0.1, 0.15) is 0 Å². The van der Waals surface area contributed by atoms with Crippen LogP contribution in [-0.2, 0) is 22.9 Å². The largest absolute Gasteiger partial charge is 0.276 e. The molecule has 0 aliphatic heterocycles. The number of fused-ring (bicyclic) bond motifs is 1. The van der Waals surface area contributed by atoms with E-state index < -0.39 is 10.0 Å². The summed E-state index contributed by atoms with van der Waals surface area (Å²) in [7, 11) is -3.61. The summed E-state index contributed by atoms with van der Waals surface area (Å²) >= 11 is 0. The lowest BCUT2D eigenvalue weighted by atomic mass is 9.90. The van der Waals surface area contributed by atoms with Gasteiger partial charge in [0, 0.05) is 0 Å². The predicted molar refractivity (Wildman–Crippen MR) is 92.2 cm³/mol. The Hall–Kier alpha value is -2.14. The lowest BCUT2D eigenvalue weighted by molar-refractivity contribution is 0.584. The van der Waals surface area contributed by atoms with Crippen LogP contribution in [0, 0.1) is 6.92 Å². The molecule has 1 aliphatic rings. The fraction of sp³-hybridized carbons (Fsp3) is 0.278. The number of sulfonamides is 1. The van der Waals surface area contributed by atoms with Crippen molar-refractivity contribution in [2.45, 2.75) is 37.5 Å². The minimum Gasteiger partial charge on any atom is -0.200 e. The third-order valence-corrected chi connectivity index (χ3v) is 5.33. The van der Waals surface area contributed by atoms with Crippen molar-refractivity contribution in [2.75, 3.05) is 0 Å². The Morgan fingerprint density at radius 1 is 1.00 bits per heavy atom. The van der Waals surface area contributed by atoms with E-state index in [9.17, 15) is 8.42 Å². The molecule has 4 nitrogen and oxygen atoms in total. The van der Waals surface area contributed by atoms with Crippen molar-refractivity contribution in [2.24, 2.45) is 5.10 Å². The van der Waals surface area contributed by atoms with Crippen LogP contribution in [0.2, 0.25) is 0 Å². The Balaban J connectivity index is 1.72. The van der Waals surface area contributed by atoms with Gasteiger partial charge in [-0.3, -0.25) is 0 Å². The predicted octanol–water partition coefficient (Wildman–Crippen LogP) is 3.19. The van der Waals surface area contributed by atoms with Gasteiger partial charge in [-0.1, -0.05) is 29.8 Å². The van der Waals surface area contributed by atoms with Crippen LogP contribution in [0.5, 0.6) is 0 Å². The number of hydrogen-bond donors (Lipinski definition) is 1. The maximum absolute atomic E-state index is 12.1. The monoisotopic (exact) mass is 328 g/mol. The number of hydrogen-bond acceptors (Lipinski definition) is 3. The molecule has 1 N–H and O–H groups in total. The maximum atomic E-state index is 12.1. The first kappa shape index (κ1) is 15.7. The summed E-state index contributed by atoms with van der Waals surface area (Å²) in [6.45, 7) is 1.91. The van der Waals surface area contributed by atoms with Gasteiger partial charge in [-0.15, -0.1) is 0 Å². The van der Waals surface area contributed by atoms with Crippen LogP contribution < -0.4 is 4.83 Å². The van der Waals surface area contributed by atoms with Gasteiger partial charge in [-0.25, -0.2) is 4.83 Å². The summed E-state index contributed by atoms with van der Waals surface area (Å²) in [4.78, 5) is 2.48. The normalized spacial score (nSPS) is 14.7. The highest BCUT2D eigenvalue weighted by atomic mass is 32.2. The van der Waals surface area contributed by atoms with Crippen LogP contribution in [0.15, 0.2) is 52.5 Å². The van der Waals surface area contributed by atoms with E-state index in [0.717, 1.165) is 24.0 Å². The maximum Gasteiger partial charge on any atom is 0.276 e. The Bertz CT molecular complexity index is 825. The number of nitrogens with zero attached hydrogens (tertiary/aromatic N) is 1. The SMILES string of the molecule is Cc1ccc(S(=O)(=O)N/N=C/c2ccc3c(c2)CCCC3)cc1. The van der Waals surface area contributed by atoms with Gasteiger partial charge >= 0.3 is 0 Å². The molecule has 0 atom stereocenters. The second-order valence-electron chi connectivity index (χ2n) is 5.90. The molecule has 0 saturated carbocycles. The van der Waals surface area contributed by atoms with E-state index in [-0.39, 0.29) is 4.90 Å². The fourth-order valence-corrected chi connectivity index (χ4v) is 3.57. The van der Waals surface area contributed by atoms with E-state index in [2.05, 4.69) is 22.1 Å². The van der Waals surface area contributed by atoms with Crippen LogP contribution >= 0.6 is 0 Å². The molecular formula is C18H20N2O2S. The van der Waals surface area contributed by atoms with Crippen LogP contribution in [0.3, 0.4) is 0 Å². The highest BCUT2D eigenvalue weighted by Crippen LogP contribution is 2.21. The van der Waals surface area contributed by atoms with Gasteiger partial charge in [0.25, 0.3) is 10.0 Å². The molecule has 0 fully saturated rings. The molecule has 0 heterocycles. The van der Waals surface area contributed by atoms with E-state index in [0.29, 0.717) is 0 Å². The zero-order chi connectivity index (χ0) is 16.3. The van der Waals surface area contributed by atoms with Crippen molar-refractivity contribution >= 4 is 16.2 Å². The summed E-state index contributed by atoms with van der Waals surface area (Å²) in [5, 5.41) is 3.90. The molecule has 1 aliphatic carbocycles. The molecule has 0 amide bonds. The number of nitrogens with one attached hydrogen (secondary N) is 1. The third kappa shape index (κ3) is 3.79. The average Bonchev–Trinajstić information content (AvgIpc) is 2.55. The van der Waals surface area contributed by atoms with Crippen molar-refractivity contribution in [1.29, 1.82) is 0 Å². The summed E-state index contributed by atoms with van der Waals surface area (Å²) in [5.74, 6) is 0. The van der Waals surface area contributed by atoms with E-state index in [1.807, 2.05) is 13.0 Å². The Labute approximate surface area is 137 Å². The Morgan fingerprint density at radius 3 is 2.43 bits per heavy atom. The second kappa shape index (κ2) is 6.54. The van der Waals surface area contributed by atoms with Gasteiger partial charge in [0.05, 0.1) is 11.1 Å². The van der Waals surface area contributed by atoms with Crippen molar-refractivity contribution in [3.63, 3.8) is 0 Å². The first-order chi connectivity index (χ1) is 11.0. The van der Waals surface area contributed by atoms with E-state index in [1.54, 1.807) is 30.5 Å². The minimum atomic E-state index is -3.61. The molecule has 0 radical (unpaired) electrons. The zero-order valence-corrected chi connectivity index (χ0v) is 13.9. The lowest BCUT2D eigenvalue weighted by Gasteiger charge is -2.15. The quantitative estimate of drug-likeness (QED) is 0.692. The standard InChI is InChI=1S/C18H20N2O2S/c1-14-6-10-18(11-7-14)23(21,22)20-19-13-15-8-9-16-4-2-3-5-17(16)12-15/h6-13,20H,2-5H2,1H3/b19-13+. The van der Waals surface area contributed by atoms with Gasteiger partial charge < -0.3 is 0 Å². The number of aryl methyl sites for hydroxylation is 3. The highest BCUT2D eigenvalue weighted by Gasteiger charge is 2.12. The molecular weight excluding hydrogens is 308 g/mol. The zero-order valence-electron chi connectivity index (χ0n) is 13.1. The smallest absolute Gasteiger partial charge is 0.200 e. The molecule has 2 aromatic rings. The number of benzene rings is 2. The van der Waals surface area contributed by atoms with Gasteiger partial charge in [0.15, 0.2) is 0 Å². The summed E-state index contributed by atoms with van der Waals surface area (Å²) in [5.41, 5.74) is 4.67. The fourth-order valence-electron chi connectivity index (χ4n) is 2.77. The second-order valence-corrected chi connectivity index (χ2v) is 7.56.